The van der Waals surface area contributed by atoms with Crippen LogP contribution >= 0.6 is 0 Å². The van der Waals surface area contributed by atoms with E-state index in [1.165, 1.54) is 0 Å². The van der Waals surface area contributed by atoms with Gasteiger partial charge in [-0.05, 0) is 24.6 Å². The summed E-state index contributed by atoms with van der Waals surface area (Å²) in [5.74, 6) is -0.118. The maximum absolute atomic E-state index is 13.2. The lowest BCUT2D eigenvalue weighted by Crippen LogP contribution is -2.48. The minimum absolute atomic E-state index is 0.0149. The van der Waals surface area contributed by atoms with Crippen molar-refractivity contribution < 1.29 is 14.4 Å². The third-order valence-electron chi connectivity index (χ3n) is 6.42. The highest BCUT2D eigenvalue weighted by Crippen LogP contribution is 2.44. The van der Waals surface area contributed by atoms with Gasteiger partial charge in [-0.2, -0.15) is 5.10 Å². The lowest BCUT2D eigenvalue weighted by Gasteiger charge is -2.30. The molecule has 1 aromatic carbocycles. The summed E-state index contributed by atoms with van der Waals surface area (Å²) in [5.41, 5.74) is 0.936. The Labute approximate surface area is 182 Å². The number of aryl methyl sites for hydroxylation is 2. The van der Waals surface area contributed by atoms with Crippen molar-refractivity contribution in [3.8, 4) is 0 Å². The Morgan fingerprint density at radius 1 is 1.10 bits per heavy atom. The van der Waals surface area contributed by atoms with Crippen molar-refractivity contribution in [2.24, 2.45) is 11.3 Å². The molecule has 0 radical (unpaired) electrons. The lowest BCUT2D eigenvalue weighted by molar-refractivity contribution is -0.140. The number of likely N-dealkylation sites (tertiary alicyclic amines) is 2. The highest BCUT2D eigenvalue weighted by molar-refractivity contribution is 5.96. The van der Waals surface area contributed by atoms with Gasteiger partial charge in [-0.15, -0.1) is 0 Å². The number of fused-ring (bicyclic) bond motifs is 1. The summed E-state index contributed by atoms with van der Waals surface area (Å²) in [6, 6.07) is 9.15. The van der Waals surface area contributed by atoms with Crippen molar-refractivity contribution in [1.29, 1.82) is 0 Å². The number of rotatable bonds is 5. The van der Waals surface area contributed by atoms with Crippen LogP contribution < -0.4 is 0 Å². The van der Waals surface area contributed by atoms with Crippen LogP contribution in [0.1, 0.15) is 22.3 Å². The second-order valence-corrected chi connectivity index (χ2v) is 8.91. The maximum atomic E-state index is 13.2. The number of hydrogen-bond acceptors (Lipinski definition) is 4. The van der Waals surface area contributed by atoms with Gasteiger partial charge in [0.05, 0.1) is 11.6 Å². The molecule has 31 heavy (non-hydrogen) atoms. The molecule has 164 valence electrons. The summed E-state index contributed by atoms with van der Waals surface area (Å²) in [7, 11) is 3.47. The first-order valence-corrected chi connectivity index (χ1v) is 10.6. The SMILES string of the molecule is Cc1cnn(CCC(=O)N2C[C@@H]3CN(C(=O)c4ccccc4)C[C@]3(C(=O)N(C)C)C2)c1. The Morgan fingerprint density at radius 3 is 2.42 bits per heavy atom. The summed E-state index contributed by atoms with van der Waals surface area (Å²) < 4.78 is 1.77. The first-order valence-electron chi connectivity index (χ1n) is 10.6. The fraction of sp³-hybridized carbons (Fsp3) is 0.478. The predicted molar refractivity (Wildman–Crippen MR) is 115 cm³/mol. The lowest BCUT2D eigenvalue weighted by atomic mass is 9.80. The van der Waals surface area contributed by atoms with Crippen molar-refractivity contribution in [2.75, 3.05) is 40.3 Å². The second-order valence-electron chi connectivity index (χ2n) is 8.91. The molecule has 2 aromatic rings. The van der Waals surface area contributed by atoms with Crippen LogP contribution in [0.5, 0.6) is 0 Å². The molecule has 0 saturated carbocycles. The molecule has 2 fully saturated rings. The monoisotopic (exact) mass is 423 g/mol. The highest BCUT2D eigenvalue weighted by atomic mass is 16.2. The van der Waals surface area contributed by atoms with E-state index in [0.29, 0.717) is 44.7 Å². The molecule has 2 aliphatic rings. The van der Waals surface area contributed by atoms with Gasteiger partial charge < -0.3 is 14.7 Å². The number of aromatic nitrogens is 2. The Balaban J connectivity index is 1.48. The standard InChI is InChI=1S/C23H29N5O3/c1-17-11-24-28(12-17)10-9-20(29)26-13-19-14-27(21(30)18-7-5-4-6-8-18)16-23(19,15-26)22(31)25(2)3/h4-8,11-12,19H,9-10,13-16H2,1-3H3/t19-,23-/m1/s1. The summed E-state index contributed by atoms with van der Waals surface area (Å²) in [6.45, 7) is 4.15. The van der Waals surface area contributed by atoms with E-state index in [4.69, 9.17) is 0 Å². The average molecular weight is 424 g/mol. The molecule has 2 aliphatic heterocycles. The zero-order chi connectivity index (χ0) is 22.2. The van der Waals surface area contributed by atoms with Gasteiger partial charge in [-0.25, -0.2) is 0 Å². The quantitative estimate of drug-likeness (QED) is 0.726. The molecule has 8 nitrogen and oxygen atoms in total. The minimum atomic E-state index is -0.744. The fourth-order valence-corrected chi connectivity index (χ4v) is 4.88. The maximum Gasteiger partial charge on any atom is 0.253 e. The Bertz CT molecular complexity index is 986. The van der Waals surface area contributed by atoms with E-state index in [1.807, 2.05) is 31.3 Å². The van der Waals surface area contributed by atoms with Gasteiger partial charge >= 0.3 is 0 Å². The zero-order valence-corrected chi connectivity index (χ0v) is 18.3. The molecule has 4 rings (SSSR count). The van der Waals surface area contributed by atoms with Crippen LogP contribution in [0.2, 0.25) is 0 Å². The molecule has 1 aromatic heterocycles. The molecular weight excluding hydrogens is 394 g/mol. The van der Waals surface area contributed by atoms with Crippen LogP contribution in [0.25, 0.3) is 0 Å². The average Bonchev–Trinajstić information content (AvgIpc) is 3.44. The van der Waals surface area contributed by atoms with Gasteiger partial charge in [0.25, 0.3) is 5.91 Å². The smallest absolute Gasteiger partial charge is 0.253 e. The number of amides is 3. The number of carbonyl (C=O) groups is 3. The zero-order valence-electron chi connectivity index (χ0n) is 18.3. The van der Waals surface area contributed by atoms with Crippen LogP contribution in [-0.2, 0) is 16.1 Å². The normalized spacial score (nSPS) is 22.5. The third kappa shape index (κ3) is 3.94. The molecular formula is C23H29N5O3. The molecule has 0 unspecified atom stereocenters. The largest absolute Gasteiger partial charge is 0.348 e. The Kier molecular flexibility index (Phi) is 5.56. The third-order valence-corrected chi connectivity index (χ3v) is 6.42. The first-order chi connectivity index (χ1) is 14.8. The van der Waals surface area contributed by atoms with E-state index < -0.39 is 5.41 Å². The van der Waals surface area contributed by atoms with E-state index in [2.05, 4.69) is 5.10 Å². The van der Waals surface area contributed by atoms with Crippen molar-refractivity contribution in [3.05, 3.63) is 53.9 Å². The summed E-state index contributed by atoms with van der Waals surface area (Å²) in [4.78, 5) is 44.3. The van der Waals surface area contributed by atoms with E-state index in [0.717, 1.165) is 5.56 Å². The van der Waals surface area contributed by atoms with Crippen molar-refractivity contribution in [2.45, 2.75) is 19.9 Å². The van der Waals surface area contributed by atoms with E-state index in [-0.39, 0.29) is 23.6 Å². The highest BCUT2D eigenvalue weighted by Gasteiger charge is 2.59. The van der Waals surface area contributed by atoms with Crippen molar-refractivity contribution >= 4 is 17.7 Å². The molecule has 0 spiro atoms. The molecule has 0 N–H and O–H groups in total. The van der Waals surface area contributed by atoms with Crippen LogP contribution in [0.15, 0.2) is 42.7 Å². The van der Waals surface area contributed by atoms with Gasteiger partial charge in [-0.1, -0.05) is 18.2 Å². The minimum Gasteiger partial charge on any atom is -0.348 e. The predicted octanol–water partition coefficient (Wildman–Crippen LogP) is 1.27. The summed E-state index contributed by atoms with van der Waals surface area (Å²) in [6.07, 6.45) is 4.02. The van der Waals surface area contributed by atoms with E-state index >= 15 is 0 Å². The molecule has 8 heteroatoms. The molecule has 2 saturated heterocycles. The molecule has 0 aliphatic carbocycles. The number of carbonyl (C=O) groups excluding carboxylic acids is 3. The molecule has 3 heterocycles. The fourth-order valence-electron chi connectivity index (χ4n) is 4.88. The van der Waals surface area contributed by atoms with Crippen LogP contribution in [-0.4, -0.2) is 82.5 Å². The molecule has 0 bridgehead atoms. The van der Waals surface area contributed by atoms with Gasteiger partial charge in [0.1, 0.15) is 0 Å². The van der Waals surface area contributed by atoms with Crippen LogP contribution in [0.3, 0.4) is 0 Å². The van der Waals surface area contributed by atoms with Gasteiger partial charge in [-0.3, -0.25) is 19.1 Å². The van der Waals surface area contributed by atoms with Gasteiger partial charge in [0.2, 0.25) is 11.8 Å². The molecule has 2 atom stereocenters. The summed E-state index contributed by atoms with van der Waals surface area (Å²) >= 11 is 0. The summed E-state index contributed by atoms with van der Waals surface area (Å²) in [5, 5.41) is 4.24. The van der Waals surface area contributed by atoms with Gasteiger partial charge in [0, 0.05) is 70.9 Å². The number of nitrogens with zero attached hydrogens (tertiary/aromatic N) is 5. The van der Waals surface area contributed by atoms with Crippen LogP contribution in [0, 0.1) is 18.3 Å². The van der Waals surface area contributed by atoms with Gasteiger partial charge in [0.15, 0.2) is 0 Å². The van der Waals surface area contributed by atoms with E-state index in [1.54, 1.807) is 51.8 Å². The second kappa shape index (κ2) is 8.17. The van der Waals surface area contributed by atoms with Crippen LogP contribution in [0.4, 0.5) is 0 Å². The van der Waals surface area contributed by atoms with E-state index in [9.17, 15) is 14.4 Å². The molecule has 3 amide bonds. The number of benzene rings is 1. The van der Waals surface area contributed by atoms with Crippen molar-refractivity contribution in [3.63, 3.8) is 0 Å². The Hall–Kier alpha value is -3.16. The first kappa shape index (κ1) is 21.1. The Morgan fingerprint density at radius 2 is 1.77 bits per heavy atom. The number of hydrogen-bond donors (Lipinski definition) is 0. The van der Waals surface area contributed by atoms with Crippen molar-refractivity contribution in [1.82, 2.24) is 24.5 Å². The topological polar surface area (TPSA) is 78.8 Å².